The van der Waals surface area contributed by atoms with E-state index in [2.05, 4.69) is 75.5 Å². The third-order valence-electron chi connectivity index (χ3n) is 9.61. The van der Waals surface area contributed by atoms with Gasteiger partial charge in [0.05, 0.1) is 27.4 Å². The van der Waals surface area contributed by atoms with Gasteiger partial charge >= 0.3 is 5.97 Å². The molecule has 10 nitrogen and oxygen atoms in total. The van der Waals surface area contributed by atoms with E-state index in [0.717, 1.165) is 36.1 Å². The molecule has 2 atom stereocenters. The number of fused-ring (bicyclic) bond motifs is 5. The molecule has 0 saturated carbocycles. The monoisotopic (exact) mass is 659 g/mol. The van der Waals surface area contributed by atoms with E-state index in [4.69, 9.17) is 28.4 Å². The van der Waals surface area contributed by atoms with Gasteiger partial charge in [-0.25, -0.2) is 4.79 Å². The van der Waals surface area contributed by atoms with Crippen LogP contribution in [0.4, 0.5) is 0 Å². The lowest BCUT2D eigenvalue weighted by molar-refractivity contribution is 0.00873. The van der Waals surface area contributed by atoms with Crippen LogP contribution in [0.25, 0.3) is 21.8 Å². The lowest BCUT2D eigenvalue weighted by Crippen LogP contribution is -2.36. The minimum Gasteiger partial charge on any atom is -0.493 e. The van der Waals surface area contributed by atoms with Crippen LogP contribution >= 0.6 is 0 Å². The maximum absolute atomic E-state index is 12.9. The molecule has 0 radical (unpaired) electrons. The summed E-state index contributed by atoms with van der Waals surface area (Å²) in [5.74, 6) is 2.36. The van der Waals surface area contributed by atoms with Gasteiger partial charge in [-0.2, -0.15) is 0 Å². The van der Waals surface area contributed by atoms with E-state index in [-0.39, 0.29) is 12.8 Å². The van der Waals surface area contributed by atoms with Gasteiger partial charge in [0.25, 0.3) is 0 Å². The number of nitrogens with one attached hydrogen (secondary N) is 2. The zero-order valence-electron chi connectivity index (χ0n) is 27.8. The van der Waals surface area contributed by atoms with Crippen molar-refractivity contribution in [1.29, 1.82) is 0 Å². The van der Waals surface area contributed by atoms with E-state index in [1.165, 1.54) is 40.3 Å². The number of cyclic esters (lactones) is 1. The first kappa shape index (κ1) is 30.7. The van der Waals surface area contributed by atoms with Crippen LogP contribution in [0.3, 0.4) is 0 Å². The fourth-order valence-electron chi connectivity index (χ4n) is 7.37. The quantitative estimate of drug-likeness (QED) is 0.182. The van der Waals surface area contributed by atoms with Crippen molar-refractivity contribution in [2.45, 2.75) is 25.0 Å². The number of benzene rings is 4. The number of carbonyl (C=O) groups excluding carboxylic acids is 1. The summed E-state index contributed by atoms with van der Waals surface area (Å²) in [5.41, 5.74) is 8.12. The molecule has 9 rings (SSSR count). The predicted molar refractivity (Wildman–Crippen MR) is 185 cm³/mol. The molecule has 0 saturated heterocycles. The molecule has 0 fully saturated rings. The summed E-state index contributed by atoms with van der Waals surface area (Å²) in [5, 5.41) is 2.54. The number of esters is 1. The number of carbonyl (C=O) groups is 1. The van der Waals surface area contributed by atoms with E-state index in [1.54, 1.807) is 20.3 Å². The Bertz CT molecular complexity index is 2060. The lowest BCUT2D eigenvalue weighted by Gasteiger charge is -2.38. The molecule has 0 amide bonds. The summed E-state index contributed by atoms with van der Waals surface area (Å²) < 4.78 is 33.8. The number of para-hydroxylation sites is 2. The molecule has 2 N–H and O–H groups in total. The third-order valence-corrected chi connectivity index (χ3v) is 9.61. The van der Waals surface area contributed by atoms with Gasteiger partial charge in [0.2, 0.25) is 12.5 Å². The van der Waals surface area contributed by atoms with Gasteiger partial charge in [0.15, 0.2) is 23.0 Å². The van der Waals surface area contributed by atoms with Crippen LogP contribution in [0, 0.1) is 0 Å². The Labute approximate surface area is 283 Å². The van der Waals surface area contributed by atoms with E-state index < -0.39 is 12.1 Å². The van der Waals surface area contributed by atoms with Gasteiger partial charge < -0.3 is 38.4 Å². The molecule has 5 heterocycles. The van der Waals surface area contributed by atoms with Crippen molar-refractivity contribution in [2.75, 3.05) is 41.7 Å². The minimum absolute atomic E-state index is 0.160. The van der Waals surface area contributed by atoms with Crippen LogP contribution in [-0.2, 0) is 17.6 Å². The third kappa shape index (κ3) is 5.28. The summed E-state index contributed by atoms with van der Waals surface area (Å²) in [6.07, 6.45) is 1.21. The first-order valence-corrected chi connectivity index (χ1v) is 16.3. The molecule has 2 aromatic heterocycles. The molecule has 3 aliphatic heterocycles. The van der Waals surface area contributed by atoms with E-state index in [9.17, 15) is 4.79 Å². The number of hydrogen-bond acceptors (Lipinski definition) is 8. The number of aromatic nitrogens is 2. The molecule has 10 heteroatoms. The van der Waals surface area contributed by atoms with Crippen molar-refractivity contribution >= 4 is 27.8 Å². The van der Waals surface area contributed by atoms with Gasteiger partial charge in [-0.15, -0.1) is 0 Å². The smallest absolute Gasteiger partial charge is 0.343 e. The molecule has 0 spiro atoms. The van der Waals surface area contributed by atoms with Crippen molar-refractivity contribution in [3.63, 3.8) is 0 Å². The Kier molecular flexibility index (Phi) is 7.80. The maximum atomic E-state index is 12.9. The highest BCUT2D eigenvalue weighted by atomic mass is 16.7. The highest BCUT2D eigenvalue weighted by molar-refractivity contribution is 5.98. The Morgan fingerprint density at radius 2 is 1.49 bits per heavy atom. The van der Waals surface area contributed by atoms with Crippen molar-refractivity contribution in [2.24, 2.45) is 0 Å². The Hall–Kier alpha value is -5.61. The van der Waals surface area contributed by atoms with Crippen LogP contribution in [0.1, 0.15) is 50.6 Å². The number of likely N-dealkylation sites (N-methyl/N-ethyl adjacent to an activating group) is 1. The Morgan fingerprint density at radius 1 is 0.816 bits per heavy atom. The summed E-state index contributed by atoms with van der Waals surface area (Å²) in [4.78, 5) is 22.0. The van der Waals surface area contributed by atoms with E-state index >= 15 is 0 Å². The average Bonchev–Trinajstić information content (AvgIpc) is 3.92. The van der Waals surface area contributed by atoms with Crippen molar-refractivity contribution in [3.8, 4) is 28.7 Å². The standard InChI is InChI=1S/C22H23NO7.C17H14N2/c1-23-8-7-11-9-14-20(29-10-28-14)21(27-4)15(11)17(23)18-12-5-6-13(25-2)19(26-3)16(12)22(24)30-18;1-3-7-16-12(5-1)9-14(18-16)11-15-10-13-6-2-4-8-17(13)19-15/h5-6,9,17-18H,7-8,10H2,1-4H3;1-10,18-19H,11H2/t17-,18+;/m1./s1. The maximum Gasteiger partial charge on any atom is 0.343 e. The number of rotatable bonds is 6. The van der Waals surface area contributed by atoms with Crippen molar-refractivity contribution in [3.05, 3.63) is 113 Å². The number of hydrogen-bond donors (Lipinski definition) is 2. The molecular weight excluding hydrogens is 622 g/mol. The second kappa shape index (κ2) is 12.4. The normalized spacial score (nSPS) is 17.7. The first-order chi connectivity index (χ1) is 24.0. The molecule has 49 heavy (non-hydrogen) atoms. The summed E-state index contributed by atoms with van der Waals surface area (Å²) in [6.45, 7) is 0.963. The molecule has 0 bridgehead atoms. The Balaban J connectivity index is 0.000000157. The number of aromatic amines is 2. The second-order valence-electron chi connectivity index (χ2n) is 12.4. The highest BCUT2D eigenvalue weighted by Gasteiger charge is 2.46. The van der Waals surface area contributed by atoms with Crippen LogP contribution in [-0.4, -0.2) is 62.6 Å². The number of methoxy groups -OCH3 is 3. The van der Waals surface area contributed by atoms with Gasteiger partial charge in [0.1, 0.15) is 11.7 Å². The fourth-order valence-corrected chi connectivity index (χ4v) is 7.37. The topological polar surface area (TPSA) is 107 Å². The van der Waals surface area contributed by atoms with Gasteiger partial charge in [-0.1, -0.05) is 42.5 Å². The van der Waals surface area contributed by atoms with Crippen LogP contribution in [0.2, 0.25) is 0 Å². The average molecular weight is 660 g/mol. The number of nitrogens with zero attached hydrogens (tertiary/aromatic N) is 1. The molecule has 0 aliphatic carbocycles. The second-order valence-corrected chi connectivity index (χ2v) is 12.4. The highest BCUT2D eigenvalue weighted by Crippen LogP contribution is 2.55. The number of ether oxygens (including phenoxy) is 6. The summed E-state index contributed by atoms with van der Waals surface area (Å²) in [6, 6.07) is 26.6. The van der Waals surface area contributed by atoms with Crippen LogP contribution in [0.15, 0.2) is 78.9 Å². The minimum atomic E-state index is -0.523. The summed E-state index contributed by atoms with van der Waals surface area (Å²) in [7, 11) is 6.70. The summed E-state index contributed by atoms with van der Waals surface area (Å²) >= 11 is 0. The van der Waals surface area contributed by atoms with Gasteiger partial charge in [-0.3, -0.25) is 4.90 Å². The molecule has 4 aromatic carbocycles. The van der Waals surface area contributed by atoms with Gasteiger partial charge in [0, 0.05) is 46.5 Å². The SMILES string of the molecule is COc1ccc2c(c1OC)C(=O)O[C@@H]2[C@H]1c2c(cc3c(c2OC)OCO3)CCN1C.c1ccc2[nH]c(Cc3cc4ccccc4[nH]3)cc2c1. The van der Waals surface area contributed by atoms with Crippen molar-refractivity contribution in [1.82, 2.24) is 14.9 Å². The van der Waals surface area contributed by atoms with Gasteiger partial charge in [-0.05, 0) is 66.2 Å². The number of H-pyrrole nitrogens is 2. The molecule has 0 unspecified atom stereocenters. The van der Waals surface area contributed by atoms with Crippen LogP contribution < -0.4 is 23.7 Å². The lowest BCUT2D eigenvalue weighted by atomic mass is 9.85. The zero-order chi connectivity index (χ0) is 33.6. The molecule has 3 aliphatic rings. The first-order valence-electron chi connectivity index (χ1n) is 16.3. The van der Waals surface area contributed by atoms with Crippen LogP contribution in [0.5, 0.6) is 28.7 Å². The predicted octanol–water partition coefficient (Wildman–Crippen LogP) is 7.12. The fraction of sp³-hybridized carbons (Fsp3) is 0.256. The zero-order valence-corrected chi connectivity index (χ0v) is 27.8. The Morgan fingerprint density at radius 3 is 2.12 bits per heavy atom. The molecular formula is C39H37N3O7. The molecule has 6 aromatic rings. The molecule has 250 valence electrons. The van der Waals surface area contributed by atoms with E-state index in [0.29, 0.717) is 34.3 Å². The van der Waals surface area contributed by atoms with E-state index in [1.807, 2.05) is 19.2 Å². The largest absolute Gasteiger partial charge is 0.493 e. The van der Waals surface area contributed by atoms with Crippen molar-refractivity contribution < 1.29 is 33.2 Å².